The smallest absolute Gasteiger partial charge is 0.0510 e. The first kappa shape index (κ1) is 24.5. The molecular weight excluding hydrogens is 391 g/mol. The van der Waals surface area contributed by atoms with Crippen molar-refractivity contribution in [1.82, 2.24) is 0 Å². The summed E-state index contributed by atoms with van der Waals surface area (Å²) in [5.74, 6) is -2.65. The molecule has 0 aromatic heterocycles. The molecule has 0 saturated carbocycles. The third-order valence-corrected chi connectivity index (χ3v) is 4.50. The Balaban J connectivity index is -0.000000219. The molecule has 0 aromatic carbocycles. The Hall–Kier alpha value is 0.439. The van der Waals surface area contributed by atoms with Crippen molar-refractivity contribution in [3.05, 3.63) is 0 Å². The maximum Gasteiger partial charge on any atom is 0.0510 e. The monoisotopic (exact) mass is 418 g/mol. The van der Waals surface area contributed by atoms with Gasteiger partial charge in [0.2, 0.25) is 0 Å². The van der Waals surface area contributed by atoms with E-state index in [0.717, 1.165) is 22.5 Å². The molecule has 114 valence electrons. The molecule has 0 aliphatic carbocycles. The van der Waals surface area contributed by atoms with E-state index < -0.39 is 11.9 Å². The summed E-state index contributed by atoms with van der Waals surface area (Å²) in [5.41, 5.74) is 0. The van der Waals surface area contributed by atoms with Gasteiger partial charge >= 0.3 is 72.4 Å². The number of hydrogen-bond donors (Lipinski definition) is 2. The van der Waals surface area contributed by atoms with Crippen molar-refractivity contribution >= 4 is 59.7 Å². The van der Waals surface area contributed by atoms with Crippen LogP contribution in [0.25, 0.3) is 0 Å². The van der Waals surface area contributed by atoms with Crippen LogP contribution in [0.2, 0.25) is 4.44 Å². The third kappa shape index (κ3) is 45.7. The van der Waals surface area contributed by atoms with Crippen molar-refractivity contribution < 1.29 is 19.8 Å². The number of carboxylic acid groups (broad SMARTS) is 2. The van der Waals surface area contributed by atoms with E-state index in [1.807, 2.05) is 0 Å². The molecule has 4 nitrogen and oxygen atoms in total. The van der Waals surface area contributed by atoms with E-state index >= 15 is 0 Å². The number of carbonyl (C=O) groups is 2. The summed E-state index contributed by atoms with van der Waals surface area (Å²) in [6.45, 7) is 2.27. The molecule has 0 saturated heterocycles. The van der Waals surface area contributed by atoms with E-state index in [0.29, 0.717) is 0 Å². The van der Waals surface area contributed by atoms with E-state index in [2.05, 4.69) is 32.2 Å². The van der Waals surface area contributed by atoms with E-state index in [-0.39, 0.29) is 11.5 Å². The molecule has 0 aliphatic heterocycles. The van der Waals surface area contributed by atoms with Crippen molar-refractivity contribution in [2.45, 2.75) is 49.9 Å². The number of carbonyl (C=O) groups excluding carboxylic acids is 2. The van der Waals surface area contributed by atoms with E-state index in [1.54, 1.807) is 4.44 Å². The average molecular weight is 417 g/mol. The number of aliphatic carboxylic acids is 2. The Labute approximate surface area is 140 Å². The first-order chi connectivity index (χ1) is 8.95. The summed E-state index contributed by atoms with van der Waals surface area (Å²) in [4.78, 5) is 18.4. The van der Waals surface area contributed by atoms with Gasteiger partial charge in [-0.3, -0.25) is 0 Å². The molecule has 0 aromatic rings. The van der Waals surface area contributed by atoms with Gasteiger partial charge in [0.1, 0.15) is 0 Å². The summed E-state index contributed by atoms with van der Waals surface area (Å²) in [6.07, 6.45) is 8.84. The van der Waals surface area contributed by atoms with Crippen LogP contribution >= 0.6 is 25.3 Å². The van der Waals surface area contributed by atoms with E-state index in [1.165, 1.54) is 38.5 Å². The second-order valence-electron chi connectivity index (χ2n) is 3.83. The summed E-state index contributed by atoms with van der Waals surface area (Å²) in [6, 6.07) is 0. The molecule has 2 radical (unpaired) electrons. The van der Waals surface area contributed by atoms with Gasteiger partial charge in [-0.25, -0.2) is 0 Å². The van der Waals surface area contributed by atoms with Crippen LogP contribution in [0.5, 0.6) is 0 Å². The Bertz CT molecular complexity index is 184. The van der Waals surface area contributed by atoms with Gasteiger partial charge in [-0.1, -0.05) is 0 Å². The topological polar surface area (TPSA) is 80.3 Å². The normalized spacial score (nSPS) is 8.79. The second-order valence-corrected chi connectivity index (χ2v) is 7.31. The molecule has 0 heterocycles. The Kier molecular flexibility index (Phi) is 30.3. The first-order valence-corrected chi connectivity index (χ1v) is 11.9. The maximum absolute atomic E-state index is 9.18. The zero-order valence-corrected chi connectivity index (χ0v) is 19.4. The van der Waals surface area contributed by atoms with Crippen LogP contribution in [0.1, 0.15) is 45.4 Å². The first-order valence-electron chi connectivity index (χ1n) is 6.57. The Morgan fingerprint density at radius 2 is 1.21 bits per heavy atom. The van der Waals surface area contributed by atoms with Crippen molar-refractivity contribution in [2.75, 3.05) is 11.5 Å². The van der Waals surface area contributed by atoms with Crippen molar-refractivity contribution in [3.63, 3.8) is 0 Å². The van der Waals surface area contributed by atoms with Crippen molar-refractivity contribution in [1.29, 1.82) is 0 Å². The minimum atomic E-state index is -1.13. The SMILES string of the molecule is CCCCCCC[CH2][SnH3+2].O=C([O-])CS.O=C([O-])CS. The van der Waals surface area contributed by atoms with Crippen LogP contribution in [0.4, 0.5) is 0 Å². The molecule has 0 unspecified atom stereocenters. The summed E-state index contributed by atoms with van der Waals surface area (Å²) in [5, 5.41) is 18.4. The number of unbranched alkanes of at least 4 members (excludes halogenated alkanes) is 5. The van der Waals surface area contributed by atoms with E-state index in [4.69, 9.17) is 0 Å². The fourth-order valence-corrected chi connectivity index (χ4v) is 2.46. The third-order valence-electron chi connectivity index (χ3n) is 1.97. The van der Waals surface area contributed by atoms with Gasteiger partial charge < -0.3 is 19.8 Å². The zero-order chi connectivity index (χ0) is 15.5. The molecule has 0 aliphatic rings. The minimum Gasteiger partial charge on any atom is -0.549 e. The number of carboxylic acids is 2. The van der Waals surface area contributed by atoms with Gasteiger partial charge in [0.25, 0.3) is 0 Å². The van der Waals surface area contributed by atoms with Crippen LogP contribution in [0.3, 0.4) is 0 Å². The standard InChI is InChI=1S/C8H17.2C2H4O2S.Sn.3H/c1-3-5-7-8-6-4-2;2*3-2(4)1-5;;;;/h1,3-8H2,2H3;2*5H,1H2,(H,3,4);;;;/q;;;+2;;;/p-2. The number of hydrogen-bond acceptors (Lipinski definition) is 6. The van der Waals surface area contributed by atoms with Gasteiger partial charge in [-0.15, -0.1) is 0 Å². The second kappa shape index (κ2) is 23.5. The van der Waals surface area contributed by atoms with Gasteiger partial charge in [-0.2, -0.15) is 25.3 Å². The molecule has 0 spiro atoms. The van der Waals surface area contributed by atoms with Gasteiger partial charge in [0.05, 0.1) is 11.9 Å². The van der Waals surface area contributed by atoms with E-state index in [9.17, 15) is 19.8 Å². The summed E-state index contributed by atoms with van der Waals surface area (Å²) in [7, 11) is 0. The molecule has 0 N–H and O–H groups in total. The van der Waals surface area contributed by atoms with Crippen LogP contribution in [-0.4, -0.2) is 46.0 Å². The molecule has 19 heavy (non-hydrogen) atoms. The molecule has 0 fully saturated rings. The van der Waals surface area contributed by atoms with Gasteiger partial charge in [-0.05, 0) is 0 Å². The van der Waals surface area contributed by atoms with Gasteiger partial charge in [0, 0.05) is 11.5 Å². The maximum atomic E-state index is 9.18. The molecule has 0 atom stereocenters. The summed E-state index contributed by atoms with van der Waals surface area (Å²) < 4.78 is 1.58. The number of rotatable bonds is 8. The molecule has 0 amide bonds. The number of thiol groups is 2. The van der Waals surface area contributed by atoms with Crippen LogP contribution < -0.4 is 10.2 Å². The Morgan fingerprint density at radius 1 is 0.895 bits per heavy atom. The predicted molar refractivity (Wildman–Crippen MR) is 85.8 cm³/mol. The van der Waals surface area contributed by atoms with Crippen LogP contribution in [0.15, 0.2) is 0 Å². The molecule has 7 heteroatoms. The molecule has 0 rings (SSSR count). The zero-order valence-electron chi connectivity index (χ0n) is 11.9. The average Bonchev–Trinajstić information content (AvgIpc) is 2.40. The molecule has 0 bridgehead atoms. The quantitative estimate of drug-likeness (QED) is 0.316. The molecular formula is C12H26O4S2Sn. The fourth-order valence-electron chi connectivity index (χ4n) is 1.03. The van der Waals surface area contributed by atoms with Crippen LogP contribution in [0, 0.1) is 0 Å². The predicted octanol–water partition coefficient (Wildman–Crippen LogP) is -0.537. The van der Waals surface area contributed by atoms with Gasteiger partial charge in [0.15, 0.2) is 0 Å². The van der Waals surface area contributed by atoms with Crippen molar-refractivity contribution in [2.24, 2.45) is 0 Å². The fraction of sp³-hybridized carbons (Fsp3) is 0.833. The largest absolute Gasteiger partial charge is 0.549 e. The van der Waals surface area contributed by atoms with Crippen LogP contribution in [-0.2, 0) is 9.59 Å². The minimum absolute atomic E-state index is 0.194. The Morgan fingerprint density at radius 3 is 1.47 bits per heavy atom. The van der Waals surface area contributed by atoms with Crippen molar-refractivity contribution in [3.8, 4) is 0 Å². The summed E-state index contributed by atoms with van der Waals surface area (Å²) >= 11 is 7.68.